The van der Waals surface area contributed by atoms with Crippen molar-refractivity contribution in [2.75, 3.05) is 25.0 Å². The van der Waals surface area contributed by atoms with E-state index in [-0.39, 0.29) is 12.4 Å². The van der Waals surface area contributed by atoms with Gasteiger partial charge in [-0.1, -0.05) is 0 Å². The van der Waals surface area contributed by atoms with Crippen molar-refractivity contribution in [2.24, 2.45) is 0 Å². The molecule has 1 atom stereocenters. The molecular weight excluding hydrogens is 250 g/mol. The third-order valence-electron chi connectivity index (χ3n) is 3.40. The lowest BCUT2D eigenvalue weighted by Crippen LogP contribution is -2.44. The van der Waals surface area contributed by atoms with Gasteiger partial charge in [0.2, 0.25) is 5.95 Å². The second kappa shape index (κ2) is 5.54. The van der Waals surface area contributed by atoms with E-state index in [4.69, 9.17) is 0 Å². The molecule has 98 valence electrons. The molecule has 2 aromatic heterocycles. The quantitative estimate of drug-likeness (QED) is 0.867. The minimum absolute atomic E-state index is 0. The van der Waals surface area contributed by atoms with E-state index in [0.717, 1.165) is 30.2 Å². The summed E-state index contributed by atoms with van der Waals surface area (Å²) in [7, 11) is 2.09. The summed E-state index contributed by atoms with van der Waals surface area (Å²) in [4.78, 5) is 14.3. The SMILES string of the molecule is CN(c1nc2ncccc2[nH]1)C1CCCNC1.Cl. The number of halogens is 1. The van der Waals surface area contributed by atoms with Crippen LogP contribution in [0.2, 0.25) is 0 Å². The molecule has 0 aromatic carbocycles. The number of aromatic amines is 1. The van der Waals surface area contributed by atoms with E-state index in [1.54, 1.807) is 6.20 Å². The fourth-order valence-electron chi connectivity index (χ4n) is 2.34. The van der Waals surface area contributed by atoms with Crippen molar-refractivity contribution in [1.29, 1.82) is 0 Å². The van der Waals surface area contributed by atoms with E-state index in [1.807, 2.05) is 12.1 Å². The van der Waals surface area contributed by atoms with Crippen LogP contribution in [0.3, 0.4) is 0 Å². The highest BCUT2D eigenvalue weighted by Crippen LogP contribution is 2.18. The molecule has 2 N–H and O–H groups in total. The van der Waals surface area contributed by atoms with Crippen molar-refractivity contribution < 1.29 is 0 Å². The molecule has 1 aliphatic rings. The maximum Gasteiger partial charge on any atom is 0.205 e. The van der Waals surface area contributed by atoms with Crippen molar-refractivity contribution in [3.63, 3.8) is 0 Å². The van der Waals surface area contributed by atoms with E-state index in [2.05, 4.69) is 32.2 Å². The third-order valence-corrected chi connectivity index (χ3v) is 3.40. The molecule has 0 bridgehead atoms. The van der Waals surface area contributed by atoms with Crippen LogP contribution in [0, 0.1) is 0 Å². The molecule has 1 unspecified atom stereocenters. The molecule has 2 aromatic rings. The zero-order valence-electron chi connectivity index (χ0n) is 10.4. The minimum atomic E-state index is 0. The van der Waals surface area contributed by atoms with Crippen LogP contribution >= 0.6 is 12.4 Å². The zero-order valence-corrected chi connectivity index (χ0v) is 11.2. The van der Waals surface area contributed by atoms with Gasteiger partial charge in [0.25, 0.3) is 0 Å². The van der Waals surface area contributed by atoms with Crippen molar-refractivity contribution in [2.45, 2.75) is 18.9 Å². The number of pyridine rings is 1. The molecule has 0 spiro atoms. The summed E-state index contributed by atoms with van der Waals surface area (Å²) >= 11 is 0. The van der Waals surface area contributed by atoms with Crippen LogP contribution in [0.5, 0.6) is 0 Å². The van der Waals surface area contributed by atoms with Crippen LogP contribution in [0.15, 0.2) is 18.3 Å². The molecule has 3 rings (SSSR count). The Kier molecular flexibility index (Phi) is 4.04. The number of nitrogens with zero attached hydrogens (tertiary/aromatic N) is 3. The number of piperidine rings is 1. The number of hydrogen-bond acceptors (Lipinski definition) is 4. The highest BCUT2D eigenvalue weighted by Gasteiger charge is 2.20. The van der Waals surface area contributed by atoms with Crippen molar-refractivity contribution in [3.8, 4) is 0 Å². The number of nitrogens with one attached hydrogen (secondary N) is 2. The Morgan fingerprint density at radius 2 is 2.33 bits per heavy atom. The number of aromatic nitrogens is 3. The van der Waals surface area contributed by atoms with Gasteiger partial charge in [0, 0.05) is 25.8 Å². The van der Waals surface area contributed by atoms with Gasteiger partial charge in [0.05, 0.1) is 5.52 Å². The van der Waals surface area contributed by atoms with Gasteiger partial charge in [0.1, 0.15) is 0 Å². The zero-order chi connectivity index (χ0) is 11.7. The van der Waals surface area contributed by atoms with Crippen molar-refractivity contribution >= 4 is 29.5 Å². The van der Waals surface area contributed by atoms with Crippen molar-refractivity contribution in [3.05, 3.63) is 18.3 Å². The highest BCUT2D eigenvalue weighted by atomic mass is 35.5. The first-order valence-electron chi connectivity index (χ1n) is 6.09. The van der Waals surface area contributed by atoms with E-state index in [0.29, 0.717) is 6.04 Å². The van der Waals surface area contributed by atoms with Gasteiger partial charge in [-0.15, -0.1) is 12.4 Å². The molecule has 0 radical (unpaired) electrons. The number of H-pyrrole nitrogens is 1. The third kappa shape index (κ3) is 2.42. The van der Waals surface area contributed by atoms with Gasteiger partial charge >= 0.3 is 0 Å². The fourth-order valence-corrected chi connectivity index (χ4v) is 2.34. The predicted octanol–water partition coefficient (Wildman–Crippen LogP) is 1.57. The van der Waals surface area contributed by atoms with E-state index in [1.165, 1.54) is 12.8 Å². The first kappa shape index (κ1) is 13.1. The number of fused-ring (bicyclic) bond motifs is 1. The number of rotatable bonds is 2. The molecule has 6 heteroatoms. The summed E-state index contributed by atoms with van der Waals surface area (Å²) in [6.45, 7) is 2.16. The van der Waals surface area contributed by atoms with E-state index in [9.17, 15) is 0 Å². The maximum absolute atomic E-state index is 4.52. The average molecular weight is 268 g/mol. The largest absolute Gasteiger partial charge is 0.341 e. The smallest absolute Gasteiger partial charge is 0.205 e. The van der Waals surface area contributed by atoms with Gasteiger partial charge < -0.3 is 15.2 Å². The number of hydrogen-bond donors (Lipinski definition) is 2. The number of anilines is 1. The monoisotopic (exact) mass is 267 g/mol. The second-order valence-electron chi connectivity index (χ2n) is 4.55. The Bertz CT molecular complexity index is 473. The van der Waals surface area contributed by atoms with Crippen LogP contribution in [-0.4, -0.2) is 41.1 Å². The summed E-state index contributed by atoms with van der Waals surface area (Å²) in [5.41, 5.74) is 1.79. The predicted molar refractivity (Wildman–Crippen MR) is 75.4 cm³/mol. The summed E-state index contributed by atoms with van der Waals surface area (Å²) < 4.78 is 0. The summed E-state index contributed by atoms with van der Waals surface area (Å²) in [5.74, 6) is 0.910. The second-order valence-corrected chi connectivity index (χ2v) is 4.55. The number of imidazole rings is 1. The summed E-state index contributed by atoms with van der Waals surface area (Å²) in [6.07, 6.45) is 4.22. The Morgan fingerprint density at radius 3 is 3.06 bits per heavy atom. The van der Waals surface area contributed by atoms with E-state index >= 15 is 0 Å². The fraction of sp³-hybridized carbons (Fsp3) is 0.500. The highest BCUT2D eigenvalue weighted by molar-refractivity contribution is 5.85. The molecular formula is C12H18ClN5. The standard InChI is InChI=1S/C12H17N5.ClH/c1-17(9-4-2-6-13-8-9)12-15-10-5-3-7-14-11(10)16-12;/h3,5,7,9,13H,2,4,6,8H2,1H3,(H,14,15,16);1H. The van der Waals surface area contributed by atoms with Gasteiger partial charge in [-0.2, -0.15) is 4.98 Å². The van der Waals surface area contributed by atoms with Crippen LogP contribution in [0.1, 0.15) is 12.8 Å². The molecule has 1 aliphatic heterocycles. The Hall–Kier alpha value is -1.33. The Morgan fingerprint density at radius 1 is 1.44 bits per heavy atom. The lowest BCUT2D eigenvalue weighted by molar-refractivity contribution is 0.442. The average Bonchev–Trinajstić information content (AvgIpc) is 2.82. The molecule has 0 saturated carbocycles. The molecule has 0 amide bonds. The van der Waals surface area contributed by atoms with Gasteiger partial charge in [-0.25, -0.2) is 4.98 Å². The minimum Gasteiger partial charge on any atom is -0.341 e. The summed E-state index contributed by atoms with van der Waals surface area (Å²) in [5, 5.41) is 3.42. The Labute approximate surface area is 112 Å². The molecule has 3 heterocycles. The normalized spacial score (nSPS) is 19.5. The molecule has 0 aliphatic carbocycles. The van der Waals surface area contributed by atoms with Crippen molar-refractivity contribution in [1.82, 2.24) is 20.3 Å². The first-order valence-corrected chi connectivity index (χ1v) is 6.09. The lowest BCUT2D eigenvalue weighted by atomic mass is 10.1. The van der Waals surface area contributed by atoms with Gasteiger partial charge in [-0.05, 0) is 31.5 Å². The van der Waals surface area contributed by atoms with Crippen LogP contribution in [0.4, 0.5) is 5.95 Å². The lowest BCUT2D eigenvalue weighted by Gasteiger charge is -2.31. The maximum atomic E-state index is 4.52. The Balaban J connectivity index is 0.00000120. The van der Waals surface area contributed by atoms with Crippen LogP contribution in [-0.2, 0) is 0 Å². The van der Waals surface area contributed by atoms with Gasteiger partial charge in [-0.3, -0.25) is 0 Å². The summed E-state index contributed by atoms with van der Waals surface area (Å²) in [6, 6.07) is 4.45. The van der Waals surface area contributed by atoms with Crippen LogP contribution < -0.4 is 10.2 Å². The topological polar surface area (TPSA) is 56.8 Å². The first-order chi connectivity index (χ1) is 8.34. The molecule has 5 nitrogen and oxygen atoms in total. The van der Waals surface area contributed by atoms with Crippen LogP contribution in [0.25, 0.3) is 11.2 Å². The molecule has 18 heavy (non-hydrogen) atoms. The molecule has 1 fully saturated rings. The number of likely N-dealkylation sites (N-methyl/N-ethyl adjacent to an activating group) is 1. The molecule has 1 saturated heterocycles. The van der Waals surface area contributed by atoms with E-state index < -0.39 is 0 Å². The van der Waals surface area contributed by atoms with Gasteiger partial charge in [0.15, 0.2) is 5.65 Å².